The smallest absolute Gasteiger partial charge is 0.234 e. The summed E-state index contributed by atoms with van der Waals surface area (Å²) in [5, 5.41) is 11.2. The summed E-state index contributed by atoms with van der Waals surface area (Å²) in [6.45, 7) is 1.91. The number of pyridine rings is 1. The molecule has 2 heterocycles. The number of aliphatic hydroxyl groups excluding tert-OH is 1. The molecule has 5 heteroatoms. The molecule has 1 aromatic rings. The molecule has 0 aliphatic carbocycles. The van der Waals surface area contributed by atoms with E-state index in [4.69, 9.17) is 5.11 Å². The maximum Gasteiger partial charge on any atom is 0.234 e. The van der Waals surface area contributed by atoms with Crippen molar-refractivity contribution in [2.24, 2.45) is 0 Å². The minimum absolute atomic E-state index is 0.0597. The van der Waals surface area contributed by atoms with Gasteiger partial charge < -0.3 is 5.11 Å². The number of hydrogen-bond donors (Lipinski definition) is 2. The van der Waals surface area contributed by atoms with Gasteiger partial charge in [-0.3, -0.25) is 19.9 Å². The van der Waals surface area contributed by atoms with Crippen LogP contribution in [0.25, 0.3) is 0 Å². The third-order valence-electron chi connectivity index (χ3n) is 3.17. The third kappa shape index (κ3) is 2.56. The average molecular weight is 248 g/mol. The van der Waals surface area contributed by atoms with Gasteiger partial charge in [0.2, 0.25) is 11.8 Å². The topological polar surface area (TPSA) is 79.3 Å². The van der Waals surface area contributed by atoms with E-state index in [-0.39, 0.29) is 24.3 Å². The summed E-state index contributed by atoms with van der Waals surface area (Å²) in [6.07, 6.45) is 1.41. The first-order valence-corrected chi connectivity index (χ1v) is 6.03. The summed E-state index contributed by atoms with van der Waals surface area (Å²) in [5.41, 5.74) is 2.46. The van der Waals surface area contributed by atoms with Crippen LogP contribution in [0, 0.1) is 6.92 Å². The van der Waals surface area contributed by atoms with E-state index in [0.29, 0.717) is 19.3 Å². The molecule has 5 nitrogen and oxygen atoms in total. The molecular weight excluding hydrogens is 232 g/mol. The molecule has 0 spiro atoms. The number of carbonyl (C=O) groups excluding carboxylic acids is 2. The number of aliphatic hydroxyl groups is 1. The molecule has 1 aliphatic rings. The molecule has 1 unspecified atom stereocenters. The predicted molar refractivity (Wildman–Crippen MR) is 64.9 cm³/mol. The summed E-state index contributed by atoms with van der Waals surface area (Å²) >= 11 is 0. The number of aromatic nitrogens is 1. The van der Waals surface area contributed by atoms with E-state index < -0.39 is 0 Å². The highest BCUT2D eigenvalue weighted by Gasteiger charge is 2.29. The zero-order chi connectivity index (χ0) is 13.1. The van der Waals surface area contributed by atoms with Gasteiger partial charge in [-0.2, -0.15) is 0 Å². The van der Waals surface area contributed by atoms with Crippen molar-refractivity contribution in [3.05, 3.63) is 29.1 Å². The molecule has 0 radical (unpaired) electrons. The van der Waals surface area contributed by atoms with Gasteiger partial charge in [0.25, 0.3) is 0 Å². The fourth-order valence-electron chi connectivity index (χ4n) is 2.24. The first kappa shape index (κ1) is 12.7. The first-order chi connectivity index (χ1) is 8.61. The summed E-state index contributed by atoms with van der Waals surface area (Å²) in [6, 6.07) is 3.69. The molecular formula is C13H16N2O3. The monoisotopic (exact) mass is 248 g/mol. The number of aryl methyl sites for hydroxylation is 1. The van der Waals surface area contributed by atoms with Crippen molar-refractivity contribution in [3.8, 4) is 0 Å². The van der Waals surface area contributed by atoms with Crippen LogP contribution in [0.4, 0.5) is 0 Å². The van der Waals surface area contributed by atoms with Crippen molar-refractivity contribution in [2.45, 2.75) is 32.1 Å². The van der Waals surface area contributed by atoms with Gasteiger partial charge in [-0.05, 0) is 25.0 Å². The van der Waals surface area contributed by atoms with E-state index >= 15 is 0 Å². The van der Waals surface area contributed by atoms with E-state index in [0.717, 1.165) is 17.0 Å². The second kappa shape index (κ2) is 5.27. The van der Waals surface area contributed by atoms with E-state index in [1.807, 2.05) is 19.1 Å². The normalized spacial score (nSPS) is 19.8. The van der Waals surface area contributed by atoms with Gasteiger partial charge in [0.15, 0.2) is 0 Å². The lowest BCUT2D eigenvalue weighted by Gasteiger charge is -2.22. The van der Waals surface area contributed by atoms with Gasteiger partial charge in [-0.1, -0.05) is 6.07 Å². The molecule has 1 aliphatic heterocycles. The highest BCUT2D eigenvalue weighted by molar-refractivity contribution is 6.01. The Balaban J connectivity index is 2.23. The molecule has 0 aromatic carbocycles. The Morgan fingerprint density at radius 3 is 2.83 bits per heavy atom. The van der Waals surface area contributed by atoms with Gasteiger partial charge in [-0.25, -0.2) is 0 Å². The first-order valence-electron chi connectivity index (χ1n) is 6.03. The number of nitrogens with one attached hydrogen (secondary N) is 1. The van der Waals surface area contributed by atoms with Crippen LogP contribution in [-0.2, 0) is 16.0 Å². The minimum Gasteiger partial charge on any atom is -0.396 e. The molecule has 1 aromatic heterocycles. The molecule has 96 valence electrons. The van der Waals surface area contributed by atoms with Gasteiger partial charge in [0.05, 0.1) is 5.92 Å². The molecule has 0 bridgehead atoms. The van der Waals surface area contributed by atoms with Gasteiger partial charge in [-0.15, -0.1) is 0 Å². The number of piperidine rings is 1. The van der Waals surface area contributed by atoms with Crippen molar-refractivity contribution in [3.63, 3.8) is 0 Å². The lowest BCUT2D eigenvalue weighted by Crippen LogP contribution is -2.39. The summed E-state index contributed by atoms with van der Waals surface area (Å²) in [7, 11) is 0. The van der Waals surface area contributed by atoms with Crippen LogP contribution in [0.15, 0.2) is 12.1 Å². The average Bonchev–Trinajstić information content (AvgIpc) is 2.31. The fourth-order valence-corrected chi connectivity index (χ4v) is 2.24. The molecule has 1 saturated heterocycles. The maximum atomic E-state index is 11.8. The lowest BCUT2D eigenvalue weighted by atomic mass is 9.89. The molecule has 1 atom stereocenters. The molecule has 2 N–H and O–H groups in total. The number of nitrogens with zero attached hydrogens (tertiary/aromatic N) is 1. The van der Waals surface area contributed by atoms with E-state index in [1.54, 1.807) is 0 Å². The molecule has 0 saturated carbocycles. The van der Waals surface area contributed by atoms with E-state index in [9.17, 15) is 9.59 Å². The number of imide groups is 1. The Bertz CT molecular complexity index is 485. The van der Waals surface area contributed by atoms with Crippen molar-refractivity contribution < 1.29 is 14.7 Å². The molecule has 18 heavy (non-hydrogen) atoms. The summed E-state index contributed by atoms with van der Waals surface area (Å²) in [5.74, 6) is -0.747. The zero-order valence-electron chi connectivity index (χ0n) is 10.3. The molecule has 2 amide bonds. The van der Waals surface area contributed by atoms with Crippen LogP contribution in [0.3, 0.4) is 0 Å². The minimum atomic E-state index is -0.293. The number of hydrogen-bond acceptors (Lipinski definition) is 4. The zero-order valence-corrected chi connectivity index (χ0v) is 10.3. The van der Waals surface area contributed by atoms with Crippen LogP contribution in [0.1, 0.15) is 35.7 Å². The van der Waals surface area contributed by atoms with Gasteiger partial charge in [0, 0.05) is 30.8 Å². The van der Waals surface area contributed by atoms with Crippen LogP contribution < -0.4 is 5.32 Å². The Labute approximate surface area is 105 Å². The Morgan fingerprint density at radius 2 is 2.22 bits per heavy atom. The van der Waals surface area contributed by atoms with Crippen molar-refractivity contribution in [1.29, 1.82) is 0 Å². The summed E-state index contributed by atoms with van der Waals surface area (Å²) in [4.78, 5) is 27.2. The second-order valence-electron chi connectivity index (χ2n) is 4.45. The number of amides is 2. The van der Waals surface area contributed by atoms with Crippen LogP contribution >= 0.6 is 0 Å². The van der Waals surface area contributed by atoms with Gasteiger partial charge in [0.1, 0.15) is 0 Å². The van der Waals surface area contributed by atoms with Crippen molar-refractivity contribution >= 4 is 11.8 Å². The molecule has 1 fully saturated rings. The quantitative estimate of drug-likeness (QED) is 0.761. The predicted octanol–water partition coefficient (Wildman–Crippen LogP) is 0.445. The third-order valence-corrected chi connectivity index (χ3v) is 3.17. The Morgan fingerprint density at radius 1 is 1.44 bits per heavy atom. The van der Waals surface area contributed by atoms with Crippen molar-refractivity contribution in [1.82, 2.24) is 10.3 Å². The van der Waals surface area contributed by atoms with Crippen LogP contribution in [-0.4, -0.2) is 28.5 Å². The second-order valence-corrected chi connectivity index (χ2v) is 4.45. The maximum absolute atomic E-state index is 11.8. The van der Waals surface area contributed by atoms with Crippen LogP contribution in [0.5, 0.6) is 0 Å². The van der Waals surface area contributed by atoms with Crippen LogP contribution in [0.2, 0.25) is 0 Å². The number of rotatable bonds is 3. The largest absolute Gasteiger partial charge is 0.396 e. The highest BCUT2D eigenvalue weighted by Crippen LogP contribution is 2.26. The highest BCUT2D eigenvalue weighted by atomic mass is 16.3. The Hall–Kier alpha value is -1.75. The summed E-state index contributed by atoms with van der Waals surface area (Å²) < 4.78 is 0. The van der Waals surface area contributed by atoms with E-state index in [1.165, 1.54) is 0 Å². The standard InChI is InChI=1S/C13H16N2O3/c1-8-10(3-2-9(14-8)6-7-16)11-4-5-12(17)15-13(11)18/h2-3,11,16H,4-7H2,1H3,(H,15,17,18). The lowest BCUT2D eigenvalue weighted by molar-refractivity contribution is -0.134. The number of carbonyl (C=O) groups is 2. The SMILES string of the molecule is Cc1nc(CCO)ccc1C1CCC(=O)NC1=O. The fraction of sp³-hybridized carbons (Fsp3) is 0.462. The van der Waals surface area contributed by atoms with Gasteiger partial charge >= 0.3 is 0 Å². The van der Waals surface area contributed by atoms with E-state index in [2.05, 4.69) is 10.3 Å². The Kier molecular flexibility index (Phi) is 3.72. The molecule has 2 rings (SSSR count). The van der Waals surface area contributed by atoms with Crippen molar-refractivity contribution in [2.75, 3.05) is 6.61 Å².